The van der Waals surface area contributed by atoms with Gasteiger partial charge in [0.05, 0.1) is 11.6 Å². The average Bonchev–Trinajstić information content (AvgIpc) is 3.16. The van der Waals surface area contributed by atoms with E-state index in [4.69, 9.17) is 17.5 Å². The molecular weight excluding hydrogens is 382 g/mol. The van der Waals surface area contributed by atoms with Crippen molar-refractivity contribution in [2.45, 2.75) is 6.54 Å². The number of benzene rings is 2. The molecule has 0 saturated carbocycles. The van der Waals surface area contributed by atoms with Gasteiger partial charge in [0.15, 0.2) is 4.77 Å². The van der Waals surface area contributed by atoms with Gasteiger partial charge < -0.3 is 9.88 Å². The Morgan fingerprint density at radius 2 is 1.72 bits per heavy atom. The van der Waals surface area contributed by atoms with Crippen molar-refractivity contribution in [3.8, 4) is 11.8 Å². The Morgan fingerprint density at radius 1 is 1.03 bits per heavy atom. The predicted octanol–water partition coefficient (Wildman–Crippen LogP) is 3.36. The van der Waals surface area contributed by atoms with Gasteiger partial charge in [-0.2, -0.15) is 5.26 Å². The summed E-state index contributed by atoms with van der Waals surface area (Å²) in [6, 6.07) is 19.5. The fraction of sp³-hybridized carbons (Fsp3) is 0.227. The third-order valence-corrected chi connectivity index (χ3v) is 5.46. The molecule has 1 N–H and O–H groups in total. The number of hydrogen-bond donors (Lipinski definition) is 1. The first-order valence-corrected chi connectivity index (χ1v) is 9.93. The molecule has 146 valence electrons. The molecule has 1 aliphatic rings. The Kier molecular flexibility index (Phi) is 5.56. The second kappa shape index (κ2) is 8.43. The summed E-state index contributed by atoms with van der Waals surface area (Å²) < 4.78 is 2.31. The highest BCUT2D eigenvalue weighted by atomic mass is 32.1. The van der Waals surface area contributed by atoms with E-state index in [1.54, 1.807) is 10.8 Å². The van der Waals surface area contributed by atoms with Crippen LogP contribution >= 0.6 is 12.2 Å². The van der Waals surface area contributed by atoms with E-state index in [9.17, 15) is 4.79 Å². The van der Waals surface area contributed by atoms with Crippen molar-refractivity contribution in [1.29, 1.82) is 5.26 Å². The molecule has 1 amide bonds. The third kappa shape index (κ3) is 4.14. The van der Waals surface area contributed by atoms with Crippen molar-refractivity contribution >= 4 is 18.1 Å². The number of rotatable bonds is 4. The fourth-order valence-electron chi connectivity index (χ4n) is 3.57. The molecule has 0 bridgehead atoms. The highest BCUT2D eigenvalue weighted by Gasteiger charge is 2.25. The Balaban J connectivity index is 1.42. The quantitative estimate of drug-likeness (QED) is 0.679. The molecule has 1 saturated heterocycles. The van der Waals surface area contributed by atoms with Crippen LogP contribution in [0.1, 0.15) is 21.6 Å². The lowest BCUT2D eigenvalue weighted by molar-refractivity contribution is 0.0620. The molecule has 0 atom stereocenters. The largest absolute Gasteiger partial charge is 0.336 e. The number of carbonyl (C=O) groups excluding carboxylic acids is 1. The fourth-order valence-corrected chi connectivity index (χ4v) is 3.84. The van der Waals surface area contributed by atoms with E-state index in [1.807, 2.05) is 59.5 Å². The van der Waals surface area contributed by atoms with Gasteiger partial charge in [-0.25, -0.2) is 0 Å². The number of para-hydroxylation sites is 1. The van der Waals surface area contributed by atoms with Crippen LogP contribution in [-0.4, -0.2) is 51.4 Å². The molecule has 3 aromatic rings. The van der Waals surface area contributed by atoms with Crippen molar-refractivity contribution in [2.24, 2.45) is 0 Å². The van der Waals surface area contributed by atoms with Crippen LogP contribution in [0.2, 0.25) is 0 Å². The van der Waals surface area contributed by atoms with Crippen molar-refractivity contribution in [1.82, 2.24) is 19.4 Å². The van der Waals surface area contributed by atoms with Gasteiger partial charge in [-0.15, -0.1) is 0 Å². The van der Waals surface area contributed by atoms with Crippen LogP contribution in [0, 0.1) is 16.1 Å². The molecule has 1 aliphatic heterocycles. The van der Waals surface area contributed by atoms with Crippen molar-refractivity contribution in [2.75, 3.05) is 26.2 Å². The number of nitriles is 1. The Bertz CT molecular complexity index is 1090. The van der Waals surface area contributed by atoms with E-state index in [0.29, 0.717) is 29.1 Å². The van der Waals surface area contributed by atoms with E-state index in [1.165, 1.54) is 5.56 Å². The lowest BCUT2D eigenvalue weighted by Gasteiger charge is -2.34. The summed E-state index contributed by atoms with van der Waals surface area (Å²) in [5.74, 6) is -0.0146. The summed E-state index contributed by atoms with van der Waals surface area (Å²) in [4.78, 5) is 20.3. The number of imidazole rings is 1. The van der Waals surface area contributed by atoms with Gasteiger partial charge in [-0.3, -0.25) is 14.3 Å². The van der Waals surface area contributed by atoms with Crippen molar-refractivity contribution < 1.29 is 4.79 Å². The minimum atomic E-state index is -0.0146. The molecule has 1 fully saturated rings. The van der Waals surface area contributed by atoms with Crippen LogP contribution in [0.25, 0.3) is 5.69 Å². The number of amides is 1. The van der Waals surface area contributed by atoms with Gasteiger partial charge in [-0.05, 0) is 42.0 Å². The predicted molar refractivity (Wildman–Crippen MR) is 113 cm³/mol. The molecule has 0 spiro atoms. The molecule has 7 heteroatoms. The first-order chi connectivity index (χ1) is 14.2. The summed E-state index contributed by atoms with van der Waals surface area (Å²) in [6.07, 6.45) is 1.70. The summed E-state index contributed by atoms with van der Waals surface area (Å²) in [5.41, 5.74) is 3.28. The molecule has 0 unspecified atom stereocenters. The lowest BCUT2D eigenvalue weighted by atomic mass is 10.1. The van der Waals surface area contributed by atoms with Gasteiger partial charge in [0.25, 0.3) is 5.91 Å². The highest BCUT2D eigenvalue weighted by molar-refractivity contribution is 7.71. The monoisotopic (exact) mass is 403 g/mol. The number of piperazine rings is 1. The SMILES string of the molecule is N#Cc1ccc(CN2CCN(C(=O)c3c[nH]c(=S)n3-c3ccccc3)CC2)cc1. The van der Waals surface area contributed by atoms with E-state index >= 15 is 0 Å². The Labute approximate surface area is 174 Å². The number of aromatic amines is 1. The van der Waals surface area contributed by atoms with Gasteiger partial charge in [0, 0.05) is 44.6 Å². The summed E-state index contributed by atoms with van der Waals surface area (Å²) in [6.45, 7) is 3.77. The number of nitrogens with one attached hydrogen (secondary N) is 1. The van der Waals surface area contributed by atoms with E-state index in [0.717, 1.165) is 25.3 Å². The highest BCUT2D eigenvalue weighted by Crippen LogP contribution is 2.16. The van der Waals surface area contributed by atoms with Gasteiger partial charge in [0.1, 0.15) is 5.69 Å². The minimum Gasteiger partial charge on any atom is -0.336 e. The molecule has 6 nitrogen and oxygen atoms in total. The molecular formula is C22H21N5OS. The van der Waals surface area contributed by atoms with Crippen LogP contribution in [0.5, 0.6) is 0 Å². The number of hydrogen-bond acceptors (Lipinski definition) is 4. The number of aromatic nitrogens is 2. The van der Waals surface area contributed by atoms with E-state index in [-0.39, 0.29) is 5.91 Å². The van der Waals surface area contributed by atoms with Crippen molar-refractivity contribution in [3.05, 3.63) is 82.4 Å². The molecule has 1 aromatic heterocycles. The van der Waals surface area contributed by atoms with Gasteiger partial charge in [0.2, 0.25) is 0 Å². The van der Waals surface area contributed by atoms with Crippen LogP contribution in [0.4, 0.5) is 0 Å². The summed E-state index contributed by atoms with van der Waals surface area (Å²) in [5, 5.41) is 8.91. The zero-order chi connectivity index (χ0) is 20.2. The Morgan fingerprint density at radius 3 is 2.38 bits per heavy atom. The maximum Gasteiger partial charge on any atom is 0.272 e. The normalized spacial score (nSPS) is 14.5. The van der Waals surface area contributed by atoms with Gasteiger partial charge >= 0.3 is 0 Å². The van der Waals surface area contributed by atoms with E-state index in [2.05, 4.69) is 16.0 Å². The van der Waals surface area contributed by atoms with Crippen LogP contribution < -0.4 is 0 Å². The lowest BCUT2D eigenvalue weighted by Crippen LogP contribution is -2.48. The molecule has 2 aromatic carbocycles. The molecule has 2 heterocycles. The zero-order valence-corrected chi connectivity index (χ0v) is 16.7. The first-order valence-electron chi connectivity index (χ1n) is 9.52. The second-order valence-electron chi connectivity index (χ2n) is 7.03. The first kappa shape index (κ1) is 19.1. The van der Waals surface area contributed by atoms with Crippen molar-refractivity contribution in [3.63, 3.8) is 0 Å². The zero-order valence-electron chi connectivity index (χ0n) is 15.9. The van der Waals surface area contributed by atoms with E-state index < -0.39 is 0 Å². The number of H-pyrrole nitrogens is 1. The Hall–Kier alpha value is -3.21. The average molecular weight is 404 g/mol. The standard InChI is InChI=1S/C22H21N5OS/c23-14-17-6-8-18(9-7-17)16-25-10-12-26(13-11-25)21(28)20-15-24-22(29)27(20)19-4-2-1-3-5-19/h1-9,15H,10-13,16H2,(H,24,29). The second-order valence-corrected chi connectivity index (χ2v) is 7.41. The molecule has 4 rings (SSSR count). The summed E-state index contributed by atoms with van der Waals surface area (Å²) >= 11 is 5.39. The smallest absolute Gasteiger partial charge is 0.272 e. The summed E-state index contributed by atoms with van der Waals surface area (Å²) in [7, 11) is 0. The maximum atomic E-state index is 13.1. The number of nitrogens with zero attached hydrogens (tertiary/aromatic N) is 4. The maximum absolute atomic E-state index is 13.1. The number of carbonyl (C=O) groups is 1. The van der Waals surface area contributed by atoms with Crippen LogP contribution in [0.3, 0.4) is 0 Å². The molecule has 0 aliphatic carbocycles. The molecule has 29 heavy (non-hydrogen) atoms. The van der Waals surface area contributed by atoms with Crippen LogP contribution in [0.15, 0.2) is 60.8 Å². The molecule has 0 radical (unpaired) electrons. The third-order valence-electron chi connectivity index (χ3n) is 5.16. The van der Waals surface area contributed by atoms with Crippen LogP contribution in [-0.2, 0) is 6.54 Å². The van der Waals surface area contributed by atoms with Gasteiger partial charge in [-0.1, -0.05) is 30.3 Å². The topological polar surface area (TPSA) is 68.1 Å². The minimum absolute atomic E-state index is 0.0146.